The topological polar surface area (TPSA) is 86.6 Å². The van der Waals surface area contributed by atoms with E-state index in [4.69, 9.17) is 5.11 Å². The van der Waals surface area contributed by atoms with Crippen molar-refractivity contribution in [3.8, 4) is 11.5 Å². The molecule has 6 heteroatoms. The highest BCUT2D eigenvalue weighted by molar-refractivity contribution is 7.92. The number of hydrogen-bond donors (Lipinski definition) is 3. The van der Waals surface area contributed by atoms with E-state index in [0.717, 1.165) is 6.42 Å². The fraction of sp³-hybridized carbons (Fsp3) is 0.500. The van der Waals surface area contributed by atoms with Crippen LogP contribution in [0.1, 0.15) is 18.4 Å². The first-order valence-corrected chi connectivity index (χ1v) is 7.64. The van der Waals surface area contributed by atoms with E-state index in [9.17, 15) is 13.5 Å². The predicted octanol–water partition coefficient (Wildman–Crippen LogP) is 0.765. The van der Waals surface area contributed by atoms with Crippen molar-refractivity contribution >= 4 is 9.84 Å². The molecule has 1 unspecified atom stereocenters. The van der Waals surface area contributed by atoms with Crippen molar-refractivity contribution in [2.24, 2.45) is 0 Å². The van der Waals surface area contributed by atoms with Gasteiger partial charge in [0.15, 0.2) is 9.84 Å². The van der Waals surface area contributed by atoms with Crippen LogP contribution in [0.2, 0.25) is 0 Å². The van der Waals surface area contributed by atoms with Crippen LogP contribution < -0.4 is 5.32 Å². The second-order valence-corrected chi connectivity index (χ2v) is 6.98. The summed E-state index contributed by atoms with van der Waals surface area (Å²) in [6.45, 7) is 0.792. The summed E-state index contributed by atoms with van der Waals surface area (Å²) >= 11 is 0. The molecular weight excluding hydrogens is 254 g/mol. The van der Waals surface area contributed by atoms with Gasteiger partial charge in [0.2, 0.25) is 0 Å². The third-order valence-corrected chi connectivity index (χ3v) is 5.49. The Morgan fingerprint density at radius 3 is 2.72 bits per heavy atom. The predicted molar refractivity (Wildman–Crippen MR) is 68.3 cm³/mol. The molecule has 1 aliphatic rings. The van der Waals surface area contributed by atoms with Gasteiger partial charge in [-0.2, -0.15) is 0 Å². The number of phenols is 2. The van der Waals surface area contributed by atoms with Gasteiger partial charge in [-0.15, -0.1) is 0 Å². The molecule has 0 saturated carbocycles. The molecule has 3 N–H and O–H groups in total. The smallest absolute Gasteiger partial charge is 0.154 e. The zero-order valence-electron chi connectivity index (χ0n) is 9.96. The molecule has 1 atom stereocenters. The van der Waals surface area contributed by atoms with Gasteiger partial charge in [-0.05, 0) is 18.9 Å². The van der Waals surface area contributed by atoms with Gasteiger partial charge in [-0.1, -0.05) is 6.07 Å². The molecule has 100 valence electrons. The van der Waals surface area contributed by atoms with Crippen LogP contribution in [-0.4, -0.2) is 36.2 Å². The third kappa shape index (κ3) is 2.94. The maximum Gasteiger partial charge on any atom is 0.154 e. The Morgan fingerprint density at radius 2 is 2.11 bits per heavy atom. The first kappa shape index (κ1) is 13.2. The molecule has 0 spiro atoms. The van der Waals surface area contributed by atoms with E-state index in [2.05, 4.69) is 5.32 Å². The Labute approximate surface area is 106 Å². The standard InChI is InChI=1S/C12H17NO4S/c14-10-4-3-9(12(15)6-10)7-13-8-11-2-1-5-18(11,16)17/h3-4,6,11,13-15H,1-2,5,7-8H2. The zero-order chi connectivity index (χ0) is 13.2. The average Bonchev–Trinajstić information content (AvgIpc) is 2.61. The number of benzene rings is 1. The maximum atomic E-state index is 11.6. The van der Waals surface area contributed by atoms with Crippen LogP contribution in [0.15, 0.2) is 18.2 Å². The molecule has 1 fully saturated rings. The van der Waals surface area contributed by atoms with Gasteiger partial charge >= 0.3 is 0 Å². The molecule has 1 aliphatic heterocycles. The monoisotopic (exact) mass is 271 g/mol. The van der Waals surface area contributed by atoms with E-state index in [1.165, 1.54) is 12.1 Å². The van der Waals surface area contributed by atoms with Crippen molar-refractivity contribution in [1.82, 2.24) is 5.32 Å². The van der Waals surface area contributed by atoms with E-state index >= 15 is 0 Å². The van der Waals surface area contributed by atoms with Gasteiger partial charge in [-0.25, -0.2) is 8.42 Å². The SMILES string of the molecule is O=S1(=O)CCCC1CNCc1ccc(O)cc1O. The third-order valence-electron chi connectivity index (χ3n) is 3.22. The van der Waals surface area contributed by atoms with E-state index in [0.29, 0.717) is 25.1 Å². The van der Waals surface area contributed by atoms with Crippen molar-refractivity contribution in [3.63, 3.8) is 0 Å². The van der Waals surface area contributed by atoms with Crippen LogP contribution in [0, 0.1) is 0 Å². The molecule has 0 bridgehead atoms. The lowest BCUT2D eigenvalue weighted by atomic mass is 10.2. The van der Waals surface area contributed by atoms with Crippen molar-refractivity contribution in [2.45, 2.75) is 24.6 Å². The second kappa shape index (κ2) is 5.16. The van der Waals surface area contributed by atoms with Gasteiger partial charge in [0, 0.05) is 24.7 Å². The Morgan fingerprint density at radius 1 is 1.33 bits per heavy atom. The molecule has 0 aliphatic carbocycles. The van der Waals surface area contributed by atoms with E-state index < -0.39 is 9.84 Å². The number of rotatable bonds is 4. The molecule has 5 nitrogen and oxygen atoms in total. The Bertz CT molecular complexity index is 527. The minimum atomic E-state index is -2.92. The van der Waals surface area contributed by atoms with Crippen LogP contribution in [0.4, 0.5) is 0 Å². The molecule has 0 aromatic heterocycles. The molecule has 1 aromatic rings. The molecular formula is C12H17NO4S. The van der Waals surface area contributed by atoms with Gasteiger partial charge < -0.3 is 15.5 Å². The lowest BCUT2D eigenvalue weighted by Crippen LogP contribution is -2.30. The highest BCUT2D eigenvalue weighted by atomic mass is 32.2. The largest absolute Gasteiger partial charge is 0.508 e. The first-order valence-electron chi connectivity index (χ1n) is 5.92. The Kier molecular flexibility index (Phi) is 3.77. The van der Waals surface area contributed by atoms with Gasteiger partial charge in [-0.3, -0.25) is 0 Å². The summed E-state index contributed by atoms with van der Waals surface area (Å²) < 4.78 is 23.2. The number of sulfone groups is 1. The number of nitrogens with one attached hydrogen (secondary N) is 1. The summed E-state index contributed by atoms with van der Waals surface area (Å²) in [6, 6.07) is 4.37. The number of phenolic OH excluding ortho intramolecular Hbond substituents is 2. The minimum absolute atomic E-state index is 0.00891. The van der Waals surface area contributed by atoms with Crippen molar-refractivity contribution in [2.75, 3.05) is 12.3 Å². The van der Waals surface area contributed by atoms with Crippen LogP contribution in [-0.2, 0) is 16.4 Å². The fourth-order valence-corrected chi connectivity index (χ4v) is 3.96. The van der Waals surface area contributed by atoms with E-state index in [1.54, 1.807) is 6.07 Å². The Balaban J connectivity index is 1.89. The summed E-state index contributed by atoms with van der Waals surface area (Å²) in [6.07, 6.45) is 1.44. The average molecular weight is 271 g/mol. The lowest BCUT2D eigenvalue weighted by molar-refractivity contribution is 0.443. The zero-order valence-corrected chi connectivity index (χ0v) is 10.8. The highest BCUT2D eigenvalue weighted by Gasteiger charge is 2.30. The molecule has 2 rings (SSSR count). The molecule has 0 amide bonds. The first-order chi connectivity index (χ1) is 8.49. The van der Waals surface area contributed by atoms with E-state index in [1.807, 2.05) is 0 Å². The second-order valence-electron chi connectivity index (χ2n) is 4.58. The lowest BCUT2D eigenvalue weighted by Gasteiger charge is -2.11. The highest BCUT2D eigenvalue weighted by Crippen LogP contribution is 2.23. The van der Waals surface area contributed by atoms with Gasteiger partial charge in [0.05, 0.1) is 11.0 Å². The summed E-state index contributed by atoms with van der Waals surface area (Å²) in [5.74, 6) is 0.301. The quantitative estimate of drug-likeness (QED) is 0.753. The van der Waals surface area contributed by atoms with Crippen LogP contribution in [0.25, 0.3) is 0 Å². The molecule has 1 aromatic carbocycles. The summed E-state index contributed by atoms with van der Waals surface area (Å²) in [4.78, 5) is 0. The fourth-order valence-electron chi connectivity index (χ4n) is 2.16. The van der Waals surface area contributed by atoms with Crippen molar-refractivity contribution in [3.05, 3.63) is 23.8 Å². The summed E-state index contributed by atoms with van der Waals surface area (Å²) in [5.41, 5.74) is 0.642. The minimum Gasteiger partial charge on any atom is -0.508 e. The summed E-state index contributed by atoms with van der Waals surface area (Å²) in [7, 11) is -2.92. The number of hydrogen-bond acceptors (Lipinski definition) is 5. The van der Waals surface area contributed by atoms with Gasteiger partial charge in [0.1, 0.15) is 11.5 Å². The van der Waals surface area contributed by atoms with Crippen LogP contribution in [0.3, 0.4) is 0 Å². The van der Waals surface area contributed by atoms with Crippen LogP contribution in [0.5, 0.6) is 11.5 Å². The molecule has 0 radical (unpaired) electrons. The van der Waals surface area contributed by atoms with Crippen LogP contribution >= 0.6 is 0 Å². The Hall–Kier alpha value is -1.27. The molecule has 1 saturated heterocycles. The van der Waals surface area contributed by atoms with E-state index in [-0.39, 0.29) is 22.5 Å². The molecule has 18 heavy (non-hydrogen) atoms. The maximum absolute atomic E-state index is 11.6. The molecule has 1 heterocycles. The van der Waals surface area contributed by atoms with Crippen molar-refractivity contribution in [1.29, 1.82) is 0 Å². The summed E-state index contributed by atoms with van der Waals surface area (Å²) in [5, 5.41) is 21.4. The number of aromatic hydroxyl groups is 2. The van der Waals surface area contributed by atoms with Crippen molar-refractivity contribution < 1.29 is 18.6 Å². The van der Waals surface area contributed by atoms with Gasteiger partial charge in [0.25, 0.3) is 0 Å². The normalized spacial score (nSPS) is 22.1.